The van der Waals surface area contributed by atoms with Gasteiger partial charge < -0.3 is 10.1 Å². The van der Waals surface area contributed by atoms with Gasteiger partial charge in [0.05, 0.1) is 23.8 Å². The number of nitrogens with zero attached hydrogens (tertiary/aromatic N) is 2. The van der Waals surface area contributed by atoms with E-state index in [9.17, 15) is 13.2 Å². The lowest BCUT2D eigenvalue weighted by molar-refractivity contribution is -0.119. The predicted octanol–water partition coefficient (Wildman–Crippen LogP) is 2.68. The van der Waals surface area contributed by atoms with E-state index in [1.807, 2.05) is 19.1 Å². The van der Waals surface area contributed by atoms with Gasteiger partial charge in [0, 0.05) is 24.7 Å². The molecule has 31 heavy (non-hydrogen) atoms. The quantitative estimate of drug-likeness (QED) is 0.576. The highest BCUT2D eigenvalue weighted by Crippen LogP contribution is 2.27. The molecule has 0 spiro atoms. The van der Waals surface area contributed by atoms with Crippen LogP contribution in [0.5, 0.6) is 0 Å². The van der Waals surface area contributed by atoms with Gasteiger partial charge in [-0.25, -0.2) is 8.42 Å². The Kier molecular flexibility index (Phi) is 8.31. The molecule has 0 unspecified atom stereocenters. The molecule has 1 heterocycles. The van der Waals surface area contributed by atoms with Gasteiger partial charge >= 0.3 is 0 Å². The monoisotopic (exact) mass is 465 g/mol. The molecule has 168 valence electrons. The highest BCUT2D eigenvalue weighted by Gasteiger charge is 2.28. The second kappa shape index (κ2) is 10.9. The molecule has 1 N–H and O–H groups in total. The number of para-hydroxylation sites is 1. The van der Waals surface area contributed by atoms with Gasteiger partial charge in [-0.2, -0.15) is 0 Å². The largest absolute Gasteiger partial charge is 0.379 e. The summed E-state index contributed by atoms with van der Waals surface area (Å²) in [5, 5.41) is 3.29. The molecule has 0 atom stereocenters. The number of rotatable bonds is 9. The summed E-state index contributed by atoms with van der Waals surface area (Å²) in [6.07, 6.45) is 0.792. The SMILES string of the molecule is Cc1ccccc1N(CC(=O)NCCCN1CCOCC1)S(=O)(=O)c1ccc(Cl)cc1. The number of benzene rings is 2. The van der Waals surface area contributed by atoms with E-state index < -0.39 is 10.0 Å². The lowest BCUT2D eigenvalue weighted by Gasteiger charge is -2.27. The molecule has 0 saturated carbocycles. The summed E-state index contributed by atoms with van der Waals surface area (Å²) < 4.78 is 33.2. The van der Waals surface area contributed by atoms with Gasteiger partial charge in [0.25, 0.3) is 10.0 Å². The molecule has 1 fully saturated rings. The maximum Gasteiger partial charge on any atom is 0.264 e. The number of anilines is 1. The van der Waals surface area contributed by atoms with Gasteiger partial charge in [-0.3, -0.25) is 14.0 Å². The molecule has 0 aromatic heterocycles. The first kappa shape index (κ1) is 23.5. The van der Waals surface area contributed by atoms with Crippen LogP contribution in [-0.4, -0.2) is 65.2 Å². The molecule has 3 rings (SSSR count). The summed E-state index contributed by atoms with van der Waals surface area (Å²) in [6.45, 7) is 6.14. The van der Waals surface area contributed by atoms with Crippen molar-refractivity contribution in [2.45, 2.75) is 18.2 Å². The van der Waals surface area contributed by atoms with Crippen LogP contribution >= 0.6 is 11.6 Å². The first-order chi connectivity index (χ1) is 14.9. The predicted molar refractivity (Wildman–Crippen MR) is 122 cm³/mol. The average molecular weight is 466 g/mol. The molecule has 1 aliphatic heterocycles. The number of nitrogens with one attached hydrogen (secondary N) is 1. The Morgan fingerprint density at radius 1 is 1.13 bits per heavy atom. The Hall–Kier alpha value is -2.13. The summed E-state index contributed by atoms with van der Waals surface area (Å²) in [5.74, 6) is -0.345. The van der Waals surface area contributed by atoms with E-state index in [1.54, 1.807) is 12.1 Å². The van der Waals surface area contributed by atoms with Gasteiger partial charge in [0.2, 0.25) is 5.91 Å². The topological polar surface area (TPSA) is 79.0 Å². The van der Waals surface area contributed by atoms with Crippen LogP contribution in [0.2, 0.25) is 5.02 Å². The van der Waals surface area contributed by atoms with Crippen molar-refractivity contribution >= 4 is 33.2 Å². The van der Waals surface area contributed by atoms with Crippen LogP contribution in [0.25, 0.3) is 0 Å². The minimum Gasteiger partial charge on any atom is -0.379 e. The van der Waals surface area contributed by atoms with Gasteiger partial charge in [0.15, 0.2) is 0 Å². The Bertz CT molecular complexity index is 977. The summed E-state index contributed by atoms with van der Waals surface area (Å²) in [4.78, 5) is 15.0. The molecular weight excluding hydrogens is 438 g/mol. The van der Waals surface area contributed by atoms with E-state index in [4.69, 9.17) is 16.3 Å². The molecule has 0 bridgehead atoms. The summed E-state index contributed by atoms with van der Waals surface area (Å²) in [6, 6.07) is 13.1. The molecule has 9 heteroatoms. The van der Waals surface area contributed by atoms with Crippen LogP contribution in [0.4, 0.5) is 5.69 Å². The molecule has 0 radical (unpaired) electrons. The minimum absolute atomic E-state index is 0.0836. The minimum atomic E-state index is -3.94. The second-order valence-corrected chi connectivity index (χ2v) is 9.71. The smallest absolute Gasteiger partial charge is 0.264 e. The number of ether oxygens (including phenoxy) is 1. The molecule has 1 amide bonds. The van der Waals surface area contributed by atoms with Crippen molar-refractivity contribution in [2.75, 3.05) is 50.2 Å². The van der Waals surface area contributed by atoms with E-state index in [-0.39, 0.29) is 17.3 Å². The fraction of sp³-hybridized carbons (Fsp3) is 0.409. The zero-order valence-corrected chi connectivity index (χ0v) is 19.2. The van der Waals surface area contributed by atoms with Crippen molar-refractivity contribution < 1.29 is 17.9 Å². The fourth-order valence-electron chi connectivity index (χ4n) is 3.42. The number of morpholine rings is 1. The fourth-order valence-corrected chi connectivity index (χ4v) is 5.03. The van der Waals surface area contributed by atoms with Crippen molar-refractivity contribution in [3.63, 3.8) is 0 Å². The standard InChI is InChI=1S/C22H28ClN3O4S/c1-18-5-2-3-6-21(18)26(31(28,29)20-9-7-19(23)8-10-20)17-22(27)24-11-4-12-25-13-15-30-16-14-25/h2-3,5-10H,4,11-17H2,1H3,(H,24,27). The van der Waals surface area contributed by atoms with E-state index >= 15 is 0 Å². The normalized spacial score (nSPS) is 14.9. The van der Waals surface area contributed by atoms with Crippen molar-refractivity contribution in [2.24, 2.45) is 0 Å². The molecule has 7 nitrogen and oxygen atoms in total. The Morgan fingerprint density at radius 3 is 2.48 bits per heavy atom. The number of hydrogen-bond acceptors (Lipinski definition) is 5. The first-order valence-electron chi connectivity index (χ1n) is 10.3. The number of carbonyl (C=O) groups excluding carboxylic acids is 1. The Labute approximate surface area is 189 Å². The number of carbonyl (C=O) groups is 1. The molecule has 2 aromatic rings. The van der Waals surface area contributed by atoms with Crippen LogP contribution in [0, 0.1) is 6.92 Å². The molecule has 2 aromatic carbocycles. The highest BCUT2D eigenvalue weighted by atomic mass is 35.5. The third-order valence-electron chi connectivity index (χ3n) is 5.15. The van der Waals surface area contributed by atoms with Crippen molar-refractivity contribution in [1.82, 2.24) is 10.2 Å². The van der Waals surface area contributed by atoms with Gasteiger partial charge in [-0.1, -0.05) is 29.8 Å². The molecular formula is C22H28ClN3O4S. The van der Waals surface area contributed by atoms with E-state index in [0.29, 0.717) is 17.3 Å². The highest BCUT2D eigenvalue weighted by molar-refractivity contribution is 7.92. The second-order valence-electron chi connectivity index (χ2n) is 7.41. The zero-order chi connectivity index (χ0) is 22.3. The number of sulfonamides is 1. The summed E-state index contributed by atoms with van der Waals surface area (Å²) >= 11 is 5.91. The van der Waals surface area contributed by atoms with Gasteiger partial charge in [0.1, 0.15) is 6.54 Å². The molecule has 1 saturated heterocycles. The number of aryl methyl sites for hydroxylation is 1. The lowest BCUT2D eigenvalue weighted by Crippen LogP contribution is -2.42. The third-order valence-corrected chi connectivity index (χ3v) is 7.18. The van der Waals surface area contributed by atoms with Crippen molar-refractivity contribution in [3.05, 3.63) is 59.1 Å². The van der Waals surface area contributed by atoms with Crippen molar-refractivity contribution in [3.8, 4) is 0 Å². The van der Waals surface area contributed by atoms with Crippen LogP contribution in [0.3, 0.4) is 0 Å². The maximum atomic E-state index is 13.4. The Morgan fingerprint density at radius 2 is 1.81 bits per heavy atom. The van der Waals surface area contributed by atoms with Gasteiger partial charge in [-0.05, 0) is 55.8 Å². The molecule has 0 aliphatic carbocycles. The average Bonchev–Trinajstić information content (AvgIpc) is 2.77. The number of halogens is 1. The zero-order valence-electron chi connectivity index (χ0n) is 17.6. The van der Waals surface area contributed by atoms with Gasteiger partial charge in [-0.15, -0.1) is 0 Å². The summed E-state index contributed by atoms with van der Waals surface area (Å²) in [5.41, 5.74) is 1.24. The number of amides is 1. The van der Waals surface area contributed by atoms with E-state index in [0.717, 1.165) is 49.1 Å². The van der Waals surface area contributed by atoms with Crippen LogP contribution in [-0.2, 0) is 19.6 Å². The lowest BCUT2D eigenvalue weighted by atomic mass is 10.2. The van der Waals surface area contributed by atoms with Crippen LogP contribution in [0.1, 0.15) is 12.0 Å². The van der Waals surface area contributed by atoms with Crippen molar-refractivity contribution in [1.29, 1.82) is 0 Å². The third kappa shape index (κ3) is 6.43. The number of hydrogen-bond donors (Lipinski definition) is 1. The summed E-state index contributed by atoms with van der Waals surface area (Å²) in [7, 11) is -3.94. The Balaban J connectivity index is 1.69. The maximum absolute atomic E-state index is 13.4. The first-order valence-corrected chi connectivity index (χ1v) is 12.1. The van der Waals surface area contributed by atoms with E-state index in [1.165, 1.54) is 24.3 Å². The molecule has 1 aliphatic rings. The van der Waals surface area contributed by atoms with E-state index in [2.05, 4.69) is 10.2 Å². The van der Waals surface area contributed by atoms with Crippen LogP contribution < -0.4 is 9.62 Å². The van der Waals surface area contributed by atoms with Crippen LogP contribution in [0.15, 0.2) is 53.4 Å².